The zero-order valence-electron chi connectivity index (χ0n) is 5.59. The van der Waals surface area contributed by atoms with Gasteiger partial charge in [0.05, 0.1) is 12.1 Å². The van der Waals surface area contributed by atoms with Gasteiger partial charge in [0.25, 0.3) is 0 Å². The lowest BCUT2D eigenvalue weighted by Gasteiger charge is -1.84. The number of carboxylic acids is 1. The molecule has 0 aliphatic heterocycles. The molecule has 4 nitrogen and oxygen atoms in total. The quantitative estimate of drug-likeness (QED) is 0.622. The highest BCUT2D eigenvalue weighted by molar-refractivity contribution is 5.69. The Morgan fingerprint density at radius 1 is 1.90 bits per heavy atom. The monoisotopic (exact) mass is 140 g/mol. The number of rotatable bonds is 2. The summed E-state index contributed by atoms with van der Waals surface area (Å²) in [6.45, 7) is 1.83. The van der Waals surface area contributed by atoms with E-state index < -0.39 is 5.97 Å². The minimum atomic E-state index is -0.855. The first kappa shape index (κ1) is 6.80. The Balaban J connectivity index is 2.67. The molecule has 0 aromatic carbocycles. The summed E-state index contributed by atoms with van der Waals surface area (Å²) in [5, 5.41) is 14.7. The van der Waals surface area contributed by atoms with Gasteiger partial charge in [-0.2, -0.15) is 5.10 Å². The van der Waals surface area contributed by atoms with E-state index in [4.69, 9.17) is 5.11 Å². The first-order valence-corrected chi connectivity index (χ1v) is 2.91. The zero-order chi connectivity index (χ0) is 7.56. The van der Waals surface area contributed by atoms with Crippen molar-refractivity contribution in [2.24, 2.45) is 0 Å². The van der Waals surface area contributed by atoms with Crippen LogP contribution in [-0.4, -0.2) is 21.3 Å². The second-order valence-corrected chi connectivity index (χ2v) is 2.11. The summed E-state index contributed by atoms with van der Waals surface area (Å²) in [6, 6.07) is 1.72. The number of H-pyrrole nitrogens is 1. The van der Waals surface area contributed by atoms with Crippen LogP contribution in [0.3, 0.4) is 0 Å². The molecular weight excluding hydrogens is 132 g/mol. The molecule has 0 saturated carbocycles. The molecule has 0 radical (unpaired) electrons. The molecule has 54 valence electrons. The molecule has 0 amide bonds. The van der Waals surface area contributed by atoms with Gasteiger partial charge in [0.2, 0.25) is 0 Å². The van der Waals surface area contributed by atoms with Crippen LogP contribution in [0.2, 0.25) is 0 Å². The van der Waals surface area contributed by atoms with E-state index in [1.54, 1.807) is 6.07 Å². The SMILES string of the molecule is Cc1cc(CC(=O)O)n[nH]1. The Morgan fingerprint density at radius 3 is 3.00 bits per heavy atom. The van der Waals surface area contributed by atoms with Crippen molar-refractivity contribution in [3.63, 3.8) is 0 Å². The van der Waals surface area contributed by atoms with Crippen molar-refractivity contribution in [3.05, 3.63) is 17.5 Å². The van der Waals surface area contributed by atoms with E-state index in [1.165, 1.54) is 0 Å². The Morgan fingerprint density at radius 2 is 2.60 bits per heavy atom. The van der Waals surface area contributed by atoms with Crippen LogP contribution < -0.4 is 0 Å². The Labute approximate surface area is 57.9 Å². The molecule has 0 fully saturated rings. The smallest absolute Gasteiger partial charge is 0.309 e. The highest BCUT2D eigenvalue weighted by Crippen LogP contribution is 1.97. The fraction of sp³-hybridized carbons (Fsp3) is 0.333. The molecule has 0 spiro atoms. The molecule has 1 aromatic heterocycles. The van der Waals surface area contributed by atoms with Crippen LogP contribution in [0, 0.1) is 6.92 Å². The van der Waals surface area contributed by atoms with Crippen molar-refractivity contribution >= 4 is 5.97 Å². The molecule has 2 N–H and O–H groups in total. The minimum Gasteiger partial charge on any atom is -0.481 e. The fourth-order valence-corrected chi connectivity index (χ4v) is 0.720. The molecule has 0 saturated heterocycles. The number of carbonyl (C=O) groups is 1. The maximum Gasteiger partial charge on any atom is 0.309 e. The van der Waals surface area contributed by atoms with E-state index in [-0.39, 0.29) is 6.42 Å². The molecule has 0 aliphatic rings. The number of aryl methyl sites for hydroxylation is 1. The summed E-state index contributed by atoms with van der Waals surface area (Å²) in [5.74, 6) is -0.855. The lowest BCUT2D eigenvalue weighted by molar-refractivity contribution is -0.136. The van der Waals surface area contributed by atoms with Crippen LogP contribution in [0.15, 0.2) is 6.07 Å². The topological polar surface area (TPSA) is 66.0 Å². The van der Waals surface area contributed by atoms with Crippen LogP contribution in [0.5, 0.6) is 0 Å². The van der Waals surface area contributed by atoms with Gasteiger partial charge in [-0.3, -0.25) is 9.89 Å². The highest BCUT2D eigenvalue weighted by Gasteiger charge is 2.02. The third-order valence-corrected chi connectivity index (χ3v) is 1.09. The van der Waals surface area contributed by atoms with Gasteiger partial charge in [-0.15, -0.1) is 0 Å². The first-order chi connectivity index (χ1) is 4.68. The van der Waals surface area contributed by atoms with Crippen LogP contribution in [0.25, 0.3) is 0 Å². The van der Waals surface area contributed by atoms with Gasteiger partial charge in [0.1, 0.15) is 0 Å². The summed E-state index contributed by atoms with van der Waals surface area (Å²) in [6.07, 6.45) is -0.00958. The molecule has 1 aromatic rings. The number of nitrogens with zero attached hydrogens (tertiary/aromatic N) is 1. The van der Waals surface area contributed by atoms with Crippen LogP contribution in [-0.2, 0) is 11.2 Å². The summed E-state index contributed by atoms with van der Waals surface area (Å²) >= 11 is 0. The molecule has 0 atom stereocenters. The lowest BCUT2D eigenvalue weighted by Crippen LogP contribution is -1.99. The van der Waals surface area contributed by atoms with Gasteiger partial charge in [-0.05, 0) is 13.0 Å². The summed E-state index contributed by atoms with van der Waals surface area (Å²) in [5.41, 5.74) is 1.46. The van der Waals surface area contributed by atoms with E-state index in [9.17, 15) is 4.79 Å². The second-order valence-electron chi connectivity index (χ2n) is 2.11. The van der Waals surface area contributed by atoms with Gasteiger partial charge in [0.15, 0.2) is 0 Å². The standard InChI is InChI=1S/C6H8N2O2/c1-4-2-5(8-7-4)3-6(9)10/h2H,3H2,1H3,(H,7,8)(H,9,10). The molecule has 4 heteroatoms. The summed E-state index contributed by atoms with van der Waals surface area (Å²) < 4.78 is 0. The summed E-state index contributed by atoms with van der Waals surface area (Å²) in [4.78, 5) is 10.1. The predicted molar refractivity (Wildman–Crippen MR) is 34.7 cm³/mol. The number of aromatic amines is 1. The van der Waals surface area contributed by atoms with Crippen LogP contribution >= 0.6 is 0 Å². The number of aromatic nitrogens is 2. The number of aliphatic carboxylic acids is 1. The van der Waals surface area contributed by atoms with E-state index in [0.29, 0.717) is 5.69 Å². The van der Waals surface area contributed by atoms with E-state index >= 15 is 0 Å². The van der Waals surface area contributed by atoms with Crippen molar-refractivity contribution < 1.29 is 9.90 Å². The van der Waals surface area contributed by atoms with Crippen LogP contribution in [0.1, 0.15) is 11.4 Å². The predicted octanol–water partition coefficient (Wildman–Crippen LogP) is 0.345. The number of nitrogens with one attached hydrogen (secondary N) is 1. The number of carboxylic acid groups (broad SMARTS) is 1. The van der Waals surface area contributed by atoms with E-state index in [0.717, 1.165) is 5.69 Å². The maximum atomic E-state index is 10.1. The van der Waals surface area contributed by atoms with Crippen molar-refractivity contribution in [2.45, 2.75) is 13.3 Å². The fourth-order valence-electron chi connectivity index (χ4n) is 0.720. The van der Waals surface area contributed by atoms with Crippen molar-refractivity contribution in [2.75, 3.05) is 0 Å². The average Bonchev–Trinajstić information content (AvgIpc) is 2.13. The number of hydrogen-bond donors (Lipinski definition) is 2. The molecule has 0 aliphatic carbocycles. The van der Waals surface area contributed by atoms with E-state index in [2.05, 4.69) is 10.2 Å². The van der Waals surface area contributed by atoms with Gasteiger partial charge >= 0.3 is 5.97 Å². The summed E-state index contributed by atoms with van der Waals surface area (Å²) in [7, 11) is 0. The Kier molecular flexibility index (Phi) is 1.71. The molecular formula is C6H8N2O2. The average molecular weight is 140 g/mol. The van der Waals surface area contributed by atoms with Gasteiger partial charge in [-0.1, -0.05) is 0 Å². The zero-order valence-corrected chi connectivity index (χ0v) is 5.59. The normalized spacial score (nSPS) is 9.70. The Bertz CT molecular complexity index is 242. The van der Waals surface area contributed by atoms with E-state index in [1.807, 2.05) is 6.92 Å². The second kappa shape index (κ2) is 2.51. The molecule has 1 heterocycles. The molecule has 0 unspecified atom stereocenters. The number of hydrogen-bond acceptors (Lipinski definition) is 2. The largest absolute Gasteiger partial charge is 0.481 e. The molecule has 10 heavy (non-hydrogen) atoms. The lowest BCUT2D eigenvalue weighted by atomic mass is 10.3. The van der Waals surface area contributed by atoms with Gasteiger partial charge in [-0.25, -0.2) is 0 Å². The molecule has 0 bridgehead atoms. The minimum absolute atomic E-state index is 0.00958. The third-order valence-electron chi connectivity index (χ3n) is 1.09. The highest BCUT2D eigenvalue weighted by atomic mass is 16.4. The van der Waals surface area contributed by atoms with Crippen LogP contribution in [0.4, 0.5) is 0 Å². The van der Waals surface area contributed by atoms with Crippen molar-refractivity contribution in [1.29, 1.82) is 0 Å². The maximum absolute atomic E-state index is 10.1. The first-order valence-electron chi connectivity index (χ1n) is 2.91. The van der Waals surface area contributed by atoms with Gasteiger partial charge in [0, 0.05) is 5.69 Å². The van der Waals surface area contributed by atoms with Crippen molar-refractivity contribution in [3.8, 4) is 0 Å². The third kappa shape index (κ3) is 1.58. The Hall–Kier alpha value is -1.32. The molecule has 1 rings (SSSR count). The van der Waals surface area contributed by atoms with Crippen molar-refractivity contribution in [1.82, 2.24) is 10.2 Å². The van der Waals surface area contributed by atoms with Gasteiger partial charge < -0.3 is 5.11 Å².